The Morgan fingerprint density at radius 2 is 1.78 bits per heavy atom. The second-order valence-electron chi connectivity index (χ2n) is 6.84. The van der Waals surface area contributed by atoms with Gasteiger partial charge in [-0.1, -0.05) is 35.7 Å². The Kier molecular flexibility index (Phi) is 7.52. The van der Waals surface area contributed by atoms with Crippen LogP contribution in [0.3, 0.4) is 0 Å². The second kappa shape index (κ2) is 9.85. The number of carbonyl (C=O) groups excluding carboxylic acids is 3. The first-order chi connectivity index (χ1) is 12.9. The lowest BCUT2D eigenvalue weighted by molar-refractivity contribution is -0.136. The molecule has 7 heteroatoms. The van der Waals surface area contributed by atoms with Gasteiger partial charge in [-0.25, -0.2) is 0 Å². The predicted octanol–water partition coefficient (Wildman–Crippen LogP) is 2.61. The minimum atomic E-state index is -0.656. The van der Waals surface area contributed by atoms with Crippen molar-refractivity contribution in [3.8, 4) is 0 Å². The van der Waals surface area contributed by atoms with Crippen LogP contribution in [0.4, 0.5) is 5.69 Å². The molecule has 146 valence electrons. The average Bonchev–Trinajstić information content (AvgIpc) is 2.90. The summed E-state index contributed by atoms with van der Waals surface area (Å²) >= 11 is 0. The molecule has 0 atom stereocenters. The van der Waals surface area contributed by atoms with Gasteiger partial charge in [-0.15, -0.1) is 0 Å². The molecule has 2 rings (SSSR count). The fourth-order valence-corrected chi connectivity index (χ4v) is 2.96. The molecule has 0 aliphatic carbocycles. The van der Waals surface area contributed by atoms with Crippen LogP contribution in [0.1, 0.15) is 43.7 Å². The highest BCUT2D eigenvalue weighted by Gasteiger charge is 2.20. The maximum Gasteiger partial charge on any atom is 0.281 e. The van der Waals surface area contributed by atoms with Crippen LogP contribution in [0.5, 0.6) is 0 Å². The average molecular weight is 373 g/mol. The first-order valence-corrected chi connectivity index (χ1v) is 9.25. The van der Waals surface area contributed by atoms with Crippen molar-refractivity contribution in [2.24, 2.45) is 5.16 Å². The number of hydrogen-bond acceptors (Lipinski definition) is 5. The van der Waals surface area contributed by atoms with Crippen LogP contribution >= 0.6 is 0 Å². The molecule has 2 amide bonds. The summed E-state index contributed by atoms with van der Waals surface area (Å²) in [6.07, 6.45) is 4.20. The minimum absolute atomic E-state index is 0.182. The highest BCUT2D eigenvalue weighted by Crippen LogP contribution is 2.16. The maximum absolute atomic E-state index is 12.4. The number of benzene rings is 1. The molecular formula is C20H27N3O4. The van der Waals surface area contributed by atoms with Gasteiger partial charge in [-0.2, -0.15) is 0 Å². The van der Waals surface area contributed by atoms with E-state index in [4.69, 9.17) is 4.84 Å². The van der Waals surface area contributed by atoms with Crippen molar-refractivity contribution in [3.05, 3.63) is 29.3 Å². The minimum Gasteiger partial charge on any atom is -0.385 e. The third kappa shape index (κ3) is 6.20. The number of likely N-dealkylation sites (tertiary alicyclic amines) is 1. The van der Waals surface area contributed by atoms with Gasteiger partial charge in [0, 0.05) is 25.7 Å². The van der Waals surface area contributed by atoms with Crippen LogP contribution in [-0.4, -0.2) is 47.9 Å². The van der Waals surface area contributed by atoms with Crippen molar-refractivity contribution in [2.75, 3.05) is 25.0 Å². The molecule has 0 aromatic heterocycles. The molecule has 7 nitrogen and oxygen atoms in total. The molecule has 1 aliphatic rings. The highest BCUT2D eigenvalue weighted by molar-refractivity contribution is 6.67. The Labute approximate surface area is 159 Å². The summed E-state index contributed by atoms with van der Waals surface area (Å²) in [6.45, 7) is 6.19. The van der Waals surface area contributed by atoms with Gasteiger partial charge < -0.3 is 15.1 Å². The molecule has 0 unspecified atom stereocenters. The third-order valence-corrected chi connectivity index (χ3v) is 4.48. The standard InChI is InChI=1S/C20H27N3O4/c1-14-8-9-17(15(2)12-14)21-20(26)19(16(3)24)22-27-13-18(25)23-10-6-4-5-7-11-23/h8-9,12H,4-7,10-11,13H2,1-3H3,(H,21,26)/b22-19+. The number of aryl methyl sites for hydroxylation is 2. The van der Waals surface area contributed by atoms with Crippen LogP contribution in [0.25, 0.3) is 0 Å². The normalized spacial score (nSPS) is 15.1. The molecule has 27 heavy (non-hydrogen) atoms. The van der Waals surface area contributed by atoms with Gasteiger partial charge in [-0.3, -0.25) is 14.4 Å². The summed E-state index contributed by atoms with van der Waals surface area (Å²) in [6, 6.07) is 5.56. The van der Waals surface area contributed by atoms with Gasteiger partial charge in [0.1, 0.15) is 0 Å². The van der Waals surface area contributed by atoms with Crippen LogP contribution in [0.2, 0.25) is 0 Å². The third-order valence-electron chi connectivity index (χ3n) is 4.48. The lowest BCUT2D eigenvalue weighted by Gasteiger charge is -2.19. The molecule has 1 aromatic carbocycles. The van der Waals surface area contributed by atoms with Crippen molar-refractivity contribution in [2.45, 2.75) is 46.5 Å². The van der Waals surface area contributed by atoms with Gasteiger partial charge in [0.25, 0.3) is 11.8 Å². The number of Topliss-reactive ketones (excluding diaryl/α,β-unsaturated/α-hetero) is 1. The van der Waals surface area contributed by atoms with Crippen LogP contribution in [0, 0.1) is 13.8 Å². The van der Waals surface area contributed by atoms with Crippen molar-refractivity contribution >= 4 is 29.0 Å². The molecule has 1 aromatic rings. The largest absolute Gasteiger partial charge is 0.385 e. The highest BCUT2D eigenvalue weighted by atomic mass is 16.6. The SMILES string of the molecule is CC(=O)/C(=N\OCC(=O)N1CCCCCC1)C(=O)Nc1ccc(C)cc1C. The molecule has 0 bridgehead atoms. The quantitative estimate of drug-likeness (QED) is 0.472. The molecule has 0 saturated carbocycles. The number of anilines is 1. The zero-order valence-electron chi connectivity index (χ0n) is 16.2. The summed E-state index contributed by atoms with van der Waals surface area (Å²) in [5.41, 5.74) is 2.18. The van der Waals surface area contributed by atoms with Gasteiger partial charge in [-0.05, 0) is 38.3 Å². The monoisotopic (exact) mass is 373 g/mol. The number of nitrogens with zero attached hydrogens (tertiary/aromatic N) is 2. The van der Waals surface area contributed by atoms with E-state index in [9.17, 15) is 14.4 Å². The van der Waals surface area contributed by atoms with Gasteiger partial charge in [0.15, 0.2) is 12.4 Å². The maximum atomic E-state index is 12.4. The fourth-order valence-electron chi connectivity index (χ4n) is 2.96. The van der Waals surface area contributed by atoms with E-state index < -0.39 is 11.7 Å². The Bertz CT molecular complexity index is 735. The summed E-state index contributed by atoms with van der Waals surface area (Å²) in [5, 5.41) is 6.30. The second-order valence-corrected chi connectivity index (χ2v) is 6.84. The molecule has 1 heterocycles. The Morgan fingerprint density at radius 1 is 1.11 bits per heavy atom. The summed E-state index contributed by atoms with van der Waals surface area (Å²) in [4.78, 5) is 43.1. The van der Waals surface area contributed by atoms with Crippen LogP contribution in [-0.2, 0) is 19.2 Å². The molecule has 1 N–H and O–H groups in total. The van der Waals surface area contributed by atoms with Gasteiger partial charge >= 0.3 is 0 Å². The zero-order valence-corrected chi connectivity index (χ0v) is 16.2. The molecule has 0 radical (unpaired) electrons. The van der Waals surface area contributed by atoms with Crippen molar-refractivity contribution in [3.63, 3.8) is 0 Å². The Hall–Kier alpha value is -2.70. The van der Waals surface area contributed by atoms with E-state index in [1.54, 1.807) is 11.0 Å². The number of amides is 2. The van der Waals surface area contributed by atoms with Crippen molar-refractivity contribution < 1.29 is 19.2 Å². The molecule has 0 spiro atoms. The van der Waals surface area contributed by atoms with Crippen molar-refractivity contribution in [1.29, 1.82) is 0 Å². The zero-order chi connectivity index (χ0) is 19.8. The number of oxime groups is 1. The lowest BCUT2D eigenvalue weighted by atomic mass is 10.1. The summed E-state index contributed by atoms with van der Waals surface area (Å²) in [5.74, 6) is -1.37. The molecule has 1 saturated heterocycles. The Morgan fingerprint density at radius 3 is 2.37 bits per heavy atom. The van der Waals surface area contributed by atoms with Gasteiger partial charge in [0.2, 0.25) is 5.71 Å². The number of hydrogen-bond donors (Lipinski definition) is 1. The van der Waals surface area contributed by atoms with E-state index in [1.165, 1.54) is 6.92 Å². The first-order valence-electron chi connectivity index (χ1n) is 9.25. The number of ketones is 1. The first kappa shape index (κ1) is 20.6. The van der Waals surface area contributed by atoms with Crippen LogP contribution in [0.15, 0.2) is 23.4 Å². The molecule has 1 fully saturated rings. The molecular weight excluding hydrogens is 346 g/mol. The van der Waals surface area contributed by atoms with E-state index in [1.807, 2.05) is 26.0 Å². The topological polar surface area (TPSA) is 88.1 Å². The smallest absolute Gasteiger partial charge is 0.281 e. The number of nitrogens with one attached hydrogen (secondary N) is 1. The van der Waals surface area contributed by atoms with E-state index >= 15 is 0 Å². The van der Waals surface area contributed by atoms with E-state index in [0.717, 1.165) is 36.8 Å². The van der Waals surface area contributed by atoms with Gasteiger partial charge in [0.05, 0.1) is 0 Å². The number of carbonyl (C=O) groups is 3. The lowest BCUT2D eigenvalue weighted by Crippen LogP contribution is -2.35. The predicted molar refractivity (Wildman–Crippen MR) is 104 cm³/mol. The fraction of sp³-hybridized carbons (Fsp3) is 0.500. The van der Waals surface area contributed by atoms with Crippen LogP contribution < -0.4 is 5.32 Å². The van der Waals surface area contributed by atoms with E-state index in [2.05, 4.69) is 10.5 Å². The number of rotatable bonds is 6. The van der Waals surface area contributed by atoms with E-state index in [-0.39, 0.29) is 18.2 Å². The summed E-state index contributed by atoms with van der Waals surface area (Å²) < 4.78 is 0. The Balaban J connectivity index is 1.97. The van der Waals surface area contributed by atoms with E-state index in [0.29, 0.717) is 18.8 Å². The van der Waals surface area contributed by atoms with Crippen molar-refractivity contribution in [1.82, 2.24) is 4.90 Å². The molecule has 1 aliphatic heterocycles. The summed E-state index contributed by atoms with van der Waals surface area (Å²) in [7, 11) is 0.